The summed E-state index contributed by atoms with van der Waals surface area (Å²) in [6, 6.07) is 5.90. The summed E-state index contributed by atoms with van der Waals surface area (Å²) in [5.41, 5.74) is 2.74. The van der Waals surface area contributed by atoms with Crippen molar-refractivity contribution >= 4 is 17.0 Å². The number of nitrogens with zero attached hydrogens (tertiary/aromatic N) is 2. The molecule has 2 heterocycles. The zero-order valence-electron chi connectivity index (χ0n) is 10.6. The number of fused-ring (bicyclic) bond motifs is 1. The van der Waals surface area contributed by atoms with Crippen LogP contribution in [0.1, 0.15) is 24.6 Å². The van der Waals surface area contributed by atoms with Crippen LogP contribution >= 0.6 is 0 Å². The van der Waals surface area contributed by atoms with Crippen LogP contribution < -0.4 is 0 Å². The fourth-order valence-electron chi connectivity index (χ4n) is 1.86. The molecule has 4 nitrogen and oxygen atoms in total. The van der Waals surface area contributed by atoms with E-state index in [2.05, 4.69) is 9.97 Å². The summed E-state index contributed by atoms with van der Waals surface area (Å²) in [7, 11) is 0. The van der Waals surface area contributed by atoms with E-state index < -0.39 is 0 Å². The Morgan fingerprint density at radius 3 is 3.06 bits per heavy atom. The van der Waals surface area contributed by atoms with Gasteiger partial charge in [0.05, 0.1) is 6.61 Å². The Bertz CT molecular complexity index is 567. The highest BCUT2D eigenvalue weighted by Crippen LogP contribution is 2.16. The van der Waals surface area contributed by atoms with E-state index in [0.29, 0.717) is 19.4 Å². The lowest BCUT2D eigenvalue weighted by Crippen LogP contribution is -2.06. The van der Waals surface area contributed by atoms with Crippen molar-refractivity contribution in [3.8, 4) is 0 Å². The Labute approximate surface area is 106 Å². The number of carbonyl (C=O) groups is 1. The Morgan fingerprint density at radius 2 is 2.28 bits per heavy atom. The lowest BCUT2D eigenvalue weighted by molar-refractivity contribution is -0.143. The molecule has 2 aromatic rings. The summed E-state index contributed by atoms with van der Waals surface area (Å²) in [5, 5.41) is 1.00. The van der Waals surface area contributed by atoms with Crippen LogP contribution in [0, 0.1) is 6.92 Å². The van der Waals surface area contributed by atoms with Crippen molar-refractivity contribution in [2.45, 2.75) is 26.7 Å². The summed E-state index contributed by atoms with van der Waals surface area (Å²) < 4.78 is 4.92. The third-order valence-electron chi connectivity index (χ3n) is 2.79. The Hall–Kier alpha value is -1.97. The second-order valence-electron chi connectivity index (χ2n) is 4.09. The van der Waals surface area contributed by atoms with Crippen LogP contribution in [-0.4, -0.2) is 22.5 Å². The third-order valence-corrected chi connectivity index (χ3v) is 2.79. The average Bonchev–Trinajstić information content (AvgIpc) is 2.36. The number of rotatable bonds is 4. The van der Waals surface area contributed by atoms with Gasteiger partial charge >= 0.3 is 5.97 Å². The van der Waals surface area contributed by atoms with Gasteiger partial charge < -0.3 is 4.74 Å². The maximum Gasteiger partial charge on any atom is 0.306 e. The van der Waals surface area contributed by atoms with Gasteiger partial charge in [0.2, 0.25) is 0 Å². The molecule has 0 aliphatic carbocycles. The largest absolute Gasteiger partial charge is 0.466 e. The van der Waals surface area contributed by atoms with Gasteiger partial charge in [-0.05, 0) is 44.0 Å². The van der Waals surface area contributed by atoms with E-state index >= 15 is 0 Å². The lowest BCUT2D eigenvalue weighted by Gasteiger charge is -2.06. The fourth-order valence-corrected chi connectivity index (χ4v) is 1.86. The highest BCUT2D eigenvalue weighted by atomic mass is 16.5. The highest BCUT2D eigenvalue weighted by Gasteiger charge is 2.07. The molecule has 0 aliphatic heterocycles. The van der Waals surface area contributed by atoms with Crippen LogP contribution in [0.2, 0.25) is 0 Å². The van der Waals surface area contributed by atoms with Crippen LogP contribution in [0.3, 0.4) is 0 Å². The van der Waals surface area contributed by atoms with Crippen molar-refractivity contribution in [1.29, 1.82) is 0 Å². The molecule has 0 saturated carbocycles. The number of hydrogen-bond donors (Lipinski definition) is 0. The molecule has 0 aromatic carbocycles. The molecule has 2 rings (SSSR count). The molecule has 4 heteroatoms. The Morgan fingerprint density at radius 1 is 1.44 bits per heavy atom. The van der Waals surface area contributed by atoms with Gasteiger partial charge in [-0.3, -0.25) is 4.79 Å². The molecule has 0 N–H and O–H groups in total. The predicted molar refractivity (Wildman–Crippen MR) is 69.2 cm³/mol. The van der Waals surface area contributed by atoms with Gasteiger partial charge in [0.15, 0.2) is 5.65 Å². The molecule has 0 spiro atoms. The molecule has 0 bridgehead atoms. The molecule has 0 fully saturated rings. The van der Waals surface area contributed by atoms with E-state index in [1.165, 1.54) is 0 Å². The Balaban J connectivity index is 2.17. The summed E-state index contributed by atoms with van der Waals surface area (Å²) in [6.45, 7) is 4.18. The van der Waals surface area contributed by atoms with Crippen molar-refractivity contribution in [3.05, 3.63) is 35.7 Å². The molecular formula is C14H16N2O2. The van der Waals surface area contributed by atoms with Crippen molar-refractivity contribution in [3.63, 3.8) is 0 Å². The molecule has 94 valence electrons. The van der Waals surface area contributed by atoms with Gasteiger partial charge in [0.25, 0.3) is 0 Å². The van der Waals surface area contributed by atoms with Gasteiger partial charge in [-0.2, -0.15) is 0 Å². The number of aryl methyl sites for hydroxylation is 2. The van der Waals surface area contributed by atoms with Gasteiger partial charge in [-0.15, -0.1) is 0 Å². The van der Waals surface area contributed by atoms with Gasteiger partial charge in [-0.25, -0.2) is 9.97 Å². The zero-order valence-corrected chi connectivity index (χ0v) is 10.6. The summed E-state index contributed by atoms with van der Waals surface area (Å²) in [6.07, 6.45) is 2.78. The molecule has 0 unspecified atom stereocenters. The first-order valence-corrected chi connectivity index (χ1v) is 6.07. The van der Waals surface area contributed by atoms with E-state index in [0.717, 1.165) is 22.3 Å². The monoisotopic (exact) mass is 244 g/mol. The smallest absolute Gasteiger partial charge is 0.306 e. The second kappa shape index (κ2) is 5.58. The van der Waals surface area contributed by atoms with Crippen LogP contribution in [0.4, 0.5) is 0 Å². The van der Waals surface area contributed by atoms with E-state index in [1.807, 2.05) is 32.0 Å². The average molecular weight is 244 g/mol. The predicted octanol–water partition coefficient (Wildman–Crippen LogP) is 2.43. The third kappa shape index (κ3) is 2.83. The van der Waals surface area contributed by atoms with Gasteiger partial charge in [0.1, 0.15) is 0 Å². The van der Waals surface area contributed by atoms with Crippen LogP contribution in [-0.2, 0) is 16.0 Å². The first kappa shape index (κ1) is 12.5. The van der Waals surface area contributed by atoms with Crippen molar-refractivity contribution in [2.24, 2.45) is 0 Å². The number of carbonyl (C=O) groups excluding carboxylic acids is 1. The highest BCUT2D eigenvalue weighted by molar-refractivity contribution is 5.76. The SMILES string of the molecule is CCOC(=O)CCc1cc2cccnc2nc1C. The second-order valence-corrected chi connectivity index (χ2v) is 4.09. The summed E-state index contributed by atoms with van der Waals surface area (Å²) in [4.78, 5) is 20.0. The summed E-state index contributed by atoms with van der Waals surface area (Å²) in [5.74, 6) is -0.164. The van der Waals surface area contributed by atoms with Crippen molar-refractivity contribution in [2.75, 3.05) is 6.61 Å². The maximum atomic E-state index is 11.3. The van der Waals surface area contributed by atoms with E-state index in [1.54, 1.807) is 6.20 Å². The number of hydrogen-bond acceptors (Lipinski definition) is 4. The van der Waals surface area contributed by atoms with Gasteiger partial charge in [0, 0.05) is 23.7 Å². The van der Waals surface area contributed by atoms with Crippen molar-refractivity contribution < 1.29 is 9.53 Å². The topological polar surface area (TPSA) is 52.1 Å². The maximum absolute atomic E-state index is 11.3. The minimum Gasteiger partial charge on any atom is -0.466 e. The van der Waals surface area contributed by atoms with Crippen LogP contribution in [0.15, 0.2) is 24.4 Å². The molecule has 0 amide bonds. The molecule has 18 heavy (non-hydrogen) atoms. The van der Waals surface area contributed by atoms with E-state index in [4.69, 9.17) is 4.74 Å². The lowest BCUT2D eigenvalue weighted by atomic mass is 10.1. The standard InChI is InChI=1S/C14H16N2O2/c1-3-18-13(17)7-6-11-9-12-5-4-8-15-14(12)16-10(11)2/h4-5,8-9H,3,6-7H2,1-2H3. The first-order chi connectivity index (χ1) is 8.70. The number of aromatic nitrogens is 2. The summed E-state index contributed by atoms with van der Waals surface area (Å²) >= 11 is 0. The van der Waals surface area contributed by atoms with E-state index in [9.17, 15) is 4.79 Å². The quantitative estimate of drug-likeness (QED) is 0.775. The normalized spacial score (nSPS) is 10.6. The first-order valence-electron chi connectivity index (χ1n) is 6.07. The molecule has 0 atom stereocenters. The number of pyridine rings is 2. The number of esters is 1. The number of ether oxygens (including phenoxy) is 1. The fraction of sp³-hybridized carbons (Fsp3) is 0.357. The van der Waals surface area contributed by atoms with E-state index in [-0.39, 0.29) is 5.97 Å². The van der Waals surface area contributed by atoms with Crippen molar-refractivity contribution in [1.82, 2.24) is 9.97 Å². The Kier molecular flexibility index (Phi) is 3.87. The zero-order chi connectivity index (χ0) is 13.0. The minimum absolute atomic E-state index is 0.164. The minimum atomic E-state index is -0.164. The molecular weight excluding hydrogens is 228 g/mol. The molecule has 2 aromatic heterocycles. The molecule has 0 saturated heterocycles. The van der Waals surface area contributed by atoms with Crippen LogP contribution in [0.5, 0.6) is 0 Å². The van der Waals surface area contributed by atoms with Crippen LogP contribution in [0.25, 0.3) is 11.0 Å². The molecule has 0 aliphatic rings. The molecule has 0 radical (unpaired) electrons. The van der Waals surface area contributed by atoms with Gasteiger partial charge in [-0.1, -0.05) is 0 Å².